The molecule has 0 aliphatic heterocycles. The highest BCUT2D eigenvalue weighted by Gasteiger charge is 2.10. The first kappa shape index (κ1) is 17.0. The molecule has 120 valence electrons. The molecule has 0 bridgehead atoms. The van der Waals surface area contributed by atoms with Gasteiger partial charge in [-0.05, 0) is 18.6 Å². The van der Waals surface area contributed by atoms with Crippen LogP contribution in [0, 0.1) is 0 Å². The molecular formula is C21H32N+. The van der Waals surface area contributed by atoms with E-state index < -0.39 is 0 Å². The van der Waals surface area contributed by atoms with Gasteiger partial charge in [0.05, 0.1) is 0 Å². The van der Waals surface area contributed by atoms with Crippen molar-refractivity contribution in [2.75, 3.05) is 0 Å². The number of nitrogens with zero attached hydrogens (tertiary/aromatic N) is 1. The average molecular weight is 298 g/mol. The van der Waals surface area contributed by atoms with E-state index in [0.717, 1.165) is 0 Å². The monoisotopic (exact) mass is 298 g/mol. The quantitative estimate of drug-likeness (QED) is 0.389. The molecule has 1 aromatic heterocycles. The Balaban J connectivity index is 1.68. The van der Waals surface area contributed by atoms with Crippen LogP contribution in [0.25, 0.3) is 10.9 Å². The van der Waals surface area contributed by atoms with E-state index in [1.165, 1.54) is 80.8 Å². The van der Waals surface area contributed by atoms with Gasteiger partial charge < -0.3 is 0 Å². The van der Waals surface area contributed by atoms with Crippen LogP contribution in [0.1, 0.15) is 70.4 Å². The lowest BCUT2D eigenvalue weighted by molar-refractivity contribution is -0.652. The molecule has 2 rings (SSSR count). The SMILES string of the molecule is CCCCCCCCCCCc1ccc2ccccc2[n+]1C. The Bertz CT molecular complexity index is 559. The van der Waals surface area contributed by atoms with Crippen LogP contribution in [-0.2, 0) is 13.5 Å². The number of para-hydroxylation sites is 1. The van der Waals surface area contributed by atoms with Gasteiger partial charge in [-0.1, -0.05) is 70.4 Å². The van der Waals surface area contributed by atoms with Crippen LogP contribution in [0.4, 0.5) is 0 Å². The molecule has 0 saturated heterocycles. The van der Waals surface area contributed by atoms with Gasteiger partial charge in [0.2, 0.25) is 5.52 Å². The standard InChI is InChI=1S/C21H32N/c1-3-4-5-6-7-8-9-10-11-15-20-18-17-19-14-12-13-16-21(19)22(20)2/h12-14,16-18H,3-11,15H2,1-2H3/q+1. The van der Waals surface area contributed by atoms with Gasteiger partial charge in [0.25, 0.3) is 0 Å². The first-order valence-corrected chi connectivity index (χ1v) is 9.19. The topological polar surface area (TPSA) is 3.88 Å². The second-order valence-corrected chi connectivity index (χ2v) is 6.52. The number of benzene rings is 1. The number of hydrogen-bond acceptors (Lipinski definition) is 0. The average Bonchev–Trinajstić information content (AvgIpc) is 2.55. The minimum Gasteiger partial charge on any atom is -0.198 e. The van der Waals surface area contributed by atoms with Crippen molar-refractivity contribution in [3.8, 4) is 0 Å². The molecule has 0 aliphatic rings. The van der Waals surface area contributed by atoms with Crippen LogP contribution in [0.15, 0.2) is 36.4 Å². The third-order valence-electron chi connectivity index (χ3n) is 4.72. The third kappa shape index (κ3) is 5.12. The van der Waals surface area contributed by atoms with Crippen molar-refractivity contribution in [1.82, 2.24) is 0 Å². The summed E-state index contributed by atoms with van der Waals surface area (Å²) < 4.78 is 2.36. The molecule has 0 unspecified atom stereocenters. The Hall–Kier alpha value is -1.37. The van der Waals surface area contributed by atoms with Crippen molar-refractivity contribution in [3.05, 3.63) is 42.1 Å². The Morgan fingerprint density at radius 2 is 1.36 bits per heavy atom. The van der Waals surface area contributed by atoms with Crippen molar-refractivity contribution < 1.29 is 4.57 Å². The number of hydrogen-bond donors (Lipinski definition) is 0. The Labute approximate surface area is 136 Å². The Morgan fingerprint density at radius 3 is 2.09 bits per heavy atom. The van der Waals surface area contributed by atoms with Crippen LogP contribution >= 0.6 is 0 Å². The van der Waals surface area contributed by atoms with Crippen LogP contribution < -0.4 is 4.57 Å². The summed E-state index contributed by atoms with van der Waals surface area (Å²) in [6.07, 6.45) is 13.8. The number of rotatable bonds is 10. The number of aromatic nitrogens is 1. The van der Waals surface area contributed by atoms with Gasteiger partial charge in [0.1, 0.15) is 7.05 Å². The van der Waals surface area contributed by atoms with Gasteiger partial charge in [0, 0.05) is 23.9 Å². The number of fused-ring (bicyclic) bond motifs is 1. The maximum atomic E-state index is 2.36. The number of pyridine rings is 1. The summed E-state index contributed by atoms with van der Waals surface area (Å²) in [6.45, 7) is 2.28. The fourth-order valence-electron chi connectivity index (χ4n) is 3.25. The molecule has 2 aromatic rings. The highest BCUT2D eigenvalue weighted by molar-refractivity contribution is 5.75. The minimum absolute atomic E-state index is 1.21. The smallest absolute Gasteiger partial charge is 0.198 e. The van der Waals surface area contributed by atoms with E-state index >= 15 is 0 Å². The Morgan fingerprint density at radius 1 is 0.727 bits per heavy atom. The molecule has 1 heteroatoms. The fourth-order valence-corrected chi connectivity index (χ4v) is 3.25. The lowest BCUT2D eigenvalue weighted by atomic mass is 10.1. The summed E-state index contributed by atoms with van der Waals surface area (Å²) in [5.74, 6) is 0. The second kappa shape index (κ2) is 9.61. The lowest BCUT2D eigenvalue weighted by Crippen LogP contribution is -2.34. The highest BCUT2D eigenvalue weighted by Crippen LogP contribution is 2.13. The van der Waals surface area contributed by atoms with Crippen molar-refractivity contribution >= 4 is 10.9 Å². The van der Waals surface area contributed by atoms with Gasteiger partial charge in [-0.25, -0.2) is 0 Å². The second-order valence-electron chi connectivity index (χ2n) is 6.52. The van der Waals surface area contributed by atoms with Crippen molar-refractivity contribution in [1.29, 1.82) is 0 Å². The van der Waals surface area contributed by atoms with Crippen LogP contribution in [0.2, 0.25) is 0 Å². The normalized spacial score (nSPS) is 11.2. The van der Waals surface area contributed by atoms with E-state index in [4.69, 9.17) is 0 Å². The van der Waals surface area contributed by atoms with Crippen LogP contribution in [-0.4, -0.2) is 0 Å². The van der Waals surface area contributed by atoms with E-state index in [2.05, 4.69) is 54.9 Å². The van der Waals surface area contributed by atoms with Crippen molar-refractivity contribution in [3.63, 3.8) is 0 Å². The van der Waals surface area contributed by atoms with E-state index in [9.17, 15) is 0 Å². The number of unbranched alkanes of at least 4 members (excludes halogenated alkanes) is 8. The predicted molar refractivity (Wildman–Crippen MR) is 96.1 cm³/mol. The first-order valence-electron chi connectivity index (χ1n) is 9.19. The van der Waals surface area contributed by atoms with E-state index in [1.807, 2.05) is 0 Å². The zero-order chi connectivity index (χ0) is 15.6. The Kier molecular flexibility index (Phi) is 7.42. The summed E-state index contributed by atoms with van der Waals surface area (Å²) in [7, 11) is 2.20. The highest BCUT2D eigenvalue weighted by atomic mass is 14.9. The molecular weight excluding hydrogens is 266 g/mol. The molecule has 0 radical (unpaired) electrons. The first-order chi connectivity index (χ1) is 10.8. The molecule has 22 heavy (non-hydrogen) atoms. The third-order valence-corrected chi connectivity index (χ3v) is 4.72. The van der Waals surface area contributed by atoms with Gasteiger partial charge in [-0.3, -0.25) is 0 Å². The lowest BCUT2D eigenvalue weighted by Gasteiger charge is -2.04. The van der Waals surface area contributed by atoms with Gasteiger partial charge in [-0.2, -0.15) is 4.57 Å². The largest absolute Gasteiger partial charge is 0.212 e. The zero-order valence-electron chi connectivity index (χ0n) is 14.5. The molecule has 1 nitrogen and oxygen atoms in total. The van der Waals surface area contributed by atoms with E-state index in [0.29, 0.717) is 0 Å². The molecule has 0 atom stereocenters. The maximum Gasteiger partial charge on any atom is 0.212 e. The summed E-state index contributed by atoms with van der Waals surface area (Å²) >= 11 is 0. The molecule has 0 aliphatic carbocycles. The summed E-state index contributed by atoms with van der Waals surface area (Å²) in [6, 6.07) is 13.2. The summed E-state index contributed by atoms with van der Waals surface area (Å²) in [4.78, 5) is 0. The molecule has 0 N–H and O–H groups in total. The minimum atomic E-state index is 1.21. The van der Waals surface area contributed by atoms with Gasteiger partial charge >= 0.3 is 0 Å². The van der Waals surface area contributed by atoms with Gasteiger partial charge in [-0.15, -0.1) is 0 Å². The van der Waals surface area contributed by atoms with Crippen molar-refractivity contribution in [2.45, 2.75) is 71.1 Å². The van der Waals surface area contributed by atoms with Crippen LogP contribution in [0.5, 0.6) is 0 Å². The van der Waals surface area contributed by atoms with E-state index in [1.54, 1.807) is 0 Å². The molecule has 0 amide bonds. The maximum absolute atomic E-state index is 2.36. The molecule has 0 spiro atoms. The van der Waals surface area contributed by atoms with Gasteiger partial charge in [0.15, 0.2) is 5.69 Å². The zero-order valence-corrected chi connectivity index (χ0v) is 14.5. The molecule has 1 aromatic carbocycles. The summed E-state index contributed by atoms with van der Waals surface area (Å²) in [5, 5.41) is 1.33. The predicted octanol–water partition coefficient (Wildman–Crippen LogP) is 5.74. The molecule has 1 heterocycles. The van der Waals surface area contributed by atoms with E-state index in [-0.39, 0.29) is 0 Å². The molecule has 0 fully saturated rings. The number of aryl methyl sites for hydroxylation is 2. The fraction of sp³-hybridized carbons (Fsp3) is 0.571. The van der Waals surface area contributed by atoms with Crippen LogP contribution in [0.3, 0.4) is 0 Å². The van der Waals surface area contributed by atoms with Crippen molar-refractivity contribution in [2.24, 2.45) is 7.05 Å². The summed E-state index contributed by atoms with van der Waals surface area (Å²) in [5.41, 5.74) is 2.80. The molecule has 0 saturated carbocycles.